The molecule has 210 valence electrons. The van der Waals surface area contributed by atoms with Crippen molar-refractivity contribution in [2.75, 3.05) is 32.7 Å². The number of nitrogens with two attached hydrogens (primary N) is 1. The third kappa shape index (κ3) is 6.99. The van der Waals surface area contributed by atoms with Crippen molar-refractivity contribution in [3.63, 3.8) is 0 Å². The molecule has 3 aromatic carbocycles. The minimum absolute atomic E-state index is 0.110. The number of hydrogen-bond acceptors (Lipinski definition) is 6. The van der Waals surface area contributed by atoms with Crippen LogP contribution >= 0.6 is 11.3 Å². The highest BCUT2D eigenvalue weighted by molar-refractivity contribution is 7.16. The fourth-order valence-electron chi connectivity index (χ4n) is 5.83. The Morgan fingerprint density at radius 2 is 1.75 bits per heavy atom. The van der Waals surface area contributed by atoms with Crippen LogP contribution in [0.4, 0.5) is 0 Å². The van der Waals surface area contributed by atoms with E-state index in [0.29, 0.717) is 24.5 Å². The molecule has 0 radical (unpaired) electrons. The molecule has 1 heterocycles. The largest absolute Gasteiger partial charge is 0.506 e. The Bertz CT molecular complexity index is 1500. The number of amides is 1. The second kappa shape index (κ2) is 12.8. The van der Waals surface area contributed by atoms with Crippen molar-refractivity contribution in [2.24, 2.45) is 5.73 Å². The van der Waals surface area contributed by atoms with Crippen molar-refractivity contribution in [3.05, 3.63) is 98.1 Å². The van der Waals surface area contributed by atoms with E-state index in [0.717, 1.165) is 73.5 Å². The molecule has 1 aliphatic rings. The van der Waals surface area contributed by atoms with Gasteiger partial charge in [0.05, 0.1) is 4.70 Å². The molecule has 0 unspecified atom stereocenters. The summed E-state index contributed by atoms with van der Waals surface area (Å²) in [6.07, 6.45) is 4.09. The molecule has 0 saturated heterocycles. The number of H-pyrrole nitrogens is 1. The molecular weight excluding hydrogens is 520 g/mol. The number of phenols is 1. The Balaban J connectivity index is 1.31. The zero-order valence-electron chi connectivity index (χ0n) is 23.1. The lowest BCUT2D eigenvalue weighted by Crippen LogP contribution is -2.43. The van der Waals surface area contributed by atoms with Gasteiger partial charge >= 0.3 is 4.87 Å². The normalized spacial score (nSPS) is 13.5. The molecule has 0 fully saturated rings. The van der Waals surface area contributed by atoms with E-state index in [-0.39, 0.29) is 16.5 Å². The zero-order valence-corrected chi connectivity index (χ0v) is 23.9. The number of aromatic hydroxyl groups is 1. The van der Waals surface area contributed by atoms with Crippen LogP contribution in [0.3, 0.4) is 0 Å². The number of thiazole rings is 1. The SMILES string of the molecule is Cc1cccc(CCN(CCC(N)=O)CCN(CCc2ccc(O)c3[nH]c(=O)sc23)C2Cc3ccccc3C2)c1. The molecule has 8 heteroatoms. The molecule has 1 aliphatic carbocycles. The van der Waals surface area contributed by atoms with Crippen molar-refractivity contribution in [1.82, 2.24) is 14.8 Å². The smallest absolute Gasteiger partial charge is 0.305 e. The molecule has 0 saturated carbocycles. The van der Waals surface area contributed by atoms with Gasteiger partial charge in [0.2, 0.25) is 5.91 Å². The lowest BCUT2D eigenvalue weighted by molar-refractivity contribution is -0.118. The Labute approximate surface area is 239 Å². The standard InChI is InChI=1S/C32H38N4O3S/c1-22-5-4-6-23(19-22)11-14-35(15-13-29(33)38)17-18-36(27-20-25-7-2-3-8-26(25)21-27)16-12-24-9-10-28(37)30-31(24)40-32(39)34-30/h2-10,19,27,37H,11-18,20-21H2,1H3,(H2,33,38)(H,34,39). The monoisotopic (exact) mass is 558 g/mol. The van der Waals surface area contributed by atoms with Gasteiger partial charge in [-0.15, -0.1) is 0 Å². The molecule has 4 N–H and O–H groups in total. The van der Waals surface area contributed by atoms with Gasteiger partial charge in [0.15, 0.2) is 0 Å². The van der Waals surface area contributed by atoms with Crippen LogP contribution < -0.4 is 10.6 Å². The second-order valence-corrected chi connectivity index (χ2v) is 11.9. The molecule has 0 aliphatic heterocycles. The summed E-state index contributed by atoms with van der Waals surface area (Å²) in [4.78, 5) is 31.2. The predicted molar refractivity (Wildman–Crippen MR) is 162 cm³/mol. The topological polar surface area (TPSA) is 103 Å². The van der Waals surface area contributed by atoms with E-state index in [2.05, 4.69) is 70.2 Å². The third-order valence-electron chi connectivity index (χ3n) is 8.03. The molecule has 1 aromatic heterocycles. The minimum Gasteiger partial charge on any atom is -0.506 e. The molecule has 4 aromatic rings. The number of fused-ring (bicyclic) bond motifs is 2. The maximum Gasteiger partial charge on any atom is 0.305 e. The molecule has 0 atom stereocenters. The van der Waals surface area contributed by atoms with Crippen molar-refractivity contribution in [3.8, 4) is 5.75 Å². The van der Waals surface area contributed by atoms with E-state index < -0.39 is 0 Å². The number of phenolic OH excluding ortho intramolecular Hbond substituents is 1. The summed E-state index contributed by atoms with van der Waals surface area (Å²) in [5.74, 6) is -0.163. The number of benzene rings is 3. The van der Waals surface area contributed by atoms with Gasteiger partial charge in [0.25, 0.3) is 0 Å². The molecule has 1 amide bonds. The van der Waals surface area contributed by atoms with Crippen LogP contribution in [0.15, 0.2) is 65.5 Å². The number of aromatic nitrogens is 1. The lowest BCUT2D eigenvalue weighted by Gasteiger charge is -2.32. The number of carbonyl (C=O) groups excluding carboxylic acids is 1. The summed E-state index contributed by atoms with van der Waals surface area (Å²) in [5, 5.41) is 10.2. The first kappa shape index (κ1) is 28.1. The summed E-state index contributed by atoms with van der Waals surface area (Å²) < 4.78 is 0.834. The summed E-state index contributed by atoms with van der Waals surface area (Å²) in [6, 6.07) is 21.3. The number of aromatic amines is 1. The third-order valence-corrected chi connectivity index (χ3v) is 8.99. The predicted octanol–water partition coefficient (Wildman–Crippen LogP) is 4.04. The van der Waals surface area contributed by atoms with E-state index >= 15 is 0 Å². The first-order chi connectivity index (χ1) is 19.4. The van der Waals surface area contributed by atoms with E-state index in [1.165, 1.54) is 22.3 Å². The molecule has 0 bridgehead atoms. The van der Waals surface area contributed by atoms with Crippen LogP contribution in [-0.4, -0.2) is 64.6 Å². The van der Waals surface area contributed by atoms with Crippen LogP contribution in [0.2, 0.25) is 0 Å². The van der Waals surface area contributed by atoms with E-state index in [1.54, 1.807) is 6.07 Å². The van der Waals surface area contributed by atoms with E-state index in [9.17, 15) is 14.7 Å². The van der Waals surface area contributed by atoms with Crippen LogP contribution in [-0.2, 0) is 30.5 Å². The van der Waals surface area contributed by atoms with Gasteiger partial charge in [0.1, 0.15) is 11.3 Å². The summed E-state index contributed by atoms with van der Waals surface area (Å²) in [7, 11) is 0. The number of nitrogens with zero attached hydrogens (tertiary/aromatic N) is 2. The number of rotatable bonds is 13. The fraction of sp³-hybridized carbons (Fsp3) is 0.375. The van der Waals surface area contributed by atoms with Gasteiger partial charge in [-0.05, 0) is 60.9 Å². The Morgan fingerprint density at radius 3 is 2.48 bits per heavy atom. The van der Waals surface area contributed by atoms with Crippen molar-refractivity contribution < 1.29 is 9.90 Å². The average Bonchev–Trinajstić information content (AvgIpc) is 3.54. The Kier molecular flexibility index (Phi) is 8.99. The number of hydrogen-bond donors (Lipinski definition) is 3. The first-order valence-corrected chi connectivity index (χ1v) is 14.9. The van der Waals surface area contributed by atoms with Crippen molar-refractivity contribution >= 4 is 27.5 Å². The second-order valence-electron chi connectivity index (χ2n) is 10.9. The Morgan fingerprint density at radius 1 is 0.975 bits per heavy atom. The molecule has 5 rings (SSSR count). The first-order valence-electron chi connectivity index (χ1n) is 14.1. The fourth-order valence-corrected chi connectivity index (χ4v) is 6.73. The number of aryl methyl sites for hydroxylation is 1. The van der Waals surface area contributed by atoms with Gasteiger partial charge in [-0.1, -0.05) is 71.5 Å². The Hall–Kier alpha value is -3.46. The van der Waals surface area contributed by atoms with Crippen LogP contribution in [0, 0.1) is 6.92 Å². The van der Waals surface area contributed by atoms with Gasteiger partial charge in [-0.2, -0.15) is 0 Å². The van der Waals surface area contributed by atoms with Crippen LogP contribution in [0.25, 0.3) is 10.2 Å². The number of carbonyl (C=O) groups is 1. The number of primary amides is 1. The summed E-state index contributed by atoms with van der Waals surface area (Å²) in [5.41, 5.74) is 12.5. The summed E-state index contributed by atoms with van der Waals surface area (Å²) in [6.45, 7) is 6.18. The highest BCUT2D eigenvalue weighted by atomic mass is 32.1. The molecule has 0 spiro atoms. The van der Waals surface area contributed by atoms with Crippen molar-refractivity contribution in [1.29, 1.82) is 0 Å². The highest BCUT2D eigenvalue weighted by Crippen LogP contribution is 2.29. The van der Waals surface area contributed by atoms with Crippen molar-refractivity contribution in [2.45, 2.75) is 45.1 Å². The lowest BCUT2D eigenvalue weighted by atomic mass is 10.1. The minimum atomic E-state index is -0.273. The van der Waals surface area contributed by atoms with Gasteiger partial charge in [-0.25, -0.2) is 0 Å². The number of nitrogens with one attached hydrogen (secondary N) is 1. The quantitative estimate of drug-likeness (QED) is 0.230. The molecule has 40 heavy (non-hydrogen) atoms. The van der Waals surface area contributed by atoms with Gasteiger partial charge in [-0.3, -0.25) is 14.5 Å². The van der Waals surface area contributed by atoms with Gasteiger partial charge < -0.3 is 20.7 Å². The average molecular weight is 559 g/mol. The molecule has 7 nitrogen and oxygen atoms in total. The van der Waals surface area contributed by atoms with Gasteiger partial charge in [0, 0.05) is 45.2 Å². The highest BCUT2D eigenvalue weighted by Gasteiger charge is 2.27. The van der Waals surface area contributed by atoms with E-state index in [4.69, 9.17) is 5.73 Å². The molecular formula is C32H38N4O3S. The van der Waals surface area contributed by atoms with Crippen LogP contribution in [0.1, 0.15) is 34.2 Å². The van der Waals surface area contributed by atoms with E-state index in [1.807, 2.05) is 6.07 Å². The van der Waals surface area contributed by atoms with Crippen LogP contribution in [0.5, 0.6) is 5.75 Å². The zero-order chi connectivity index (χ0) is 28.1. The maximum atomic E-state index is 12.0. The summed E-state index contributed by atoms with van der Waals surface area (Å²) >= 11 is 1.16. The maximum absolute atomic E-state index is 12.0.